The van der Waals surface area contributed by atoms with Crippen molar-refractivity contribution in [3.05, 3.63) is 89.5 Å². The summed E-state index contributed by atoms with van der Waals surface area (Å²) < 4.78 is 2.16. The number of carbonyl (C=O) groups is 1. The molecule has 3 nitrogen and oxygen atoms in total. The molecular weight excluding hydrogens is 284 g/mol. The first kappa shape index (κ1) is 15.2. The fraction of sp³-hybridized carbons (Fsp3) is 0.200. The van der Waals surface area contributed by atoms with E-state index in [2.05, 4.69) is 40.0 Å². The molecule has 116 valence electrons. The van der Waals surface area contributed by atoms with Gasteiger partial charge in [-0.05, 0) is 5.56 Å². The predicted octanol–water partition coefficient (Wildman–Crippen LogP) is 3.28. The Labute approximate surface area is 136 Å². The van der Waals surface area contributed by atoms with Crippen LogP contribution in [0.15, 0.2) is 66.9 Å². The van der Waals surface area contributed by atoms with Crippen molar-refractivity contribution in [3.8, 4) is 0 Å². The molecule has 0 saturated carbocycles. The number of hydrogen-bond acceptors (Lipinski definition) is 1. The molecule has 3 aromatic rings. The third-order valence-corrected chi connectivity index (χ3v) is 3.95. The van der Waals surface area contributed by atoms with Gasteiger partial charge in [0.2, 0.25) is 0 Å². The van der Waals surface area contributed by atoms with Crippen molar-refractivity contribution < 1.29 is 9.36 Å². The molecule has 1 heterocycles. The van der Waals surface area contributed by atoms with Crippen molar-refractivity contribution in [3.63, 3.8) is 0 Å². The number of Topliss-reactive ketones (excluding diaryl/α,β-unsaturated/α-hetero) is 1. The third-order valence-electron chi connectivity index (χ3n) is 3.95. The maximum atomic E-state index is 12.4. The molecule has 2 aromatic carbocycles. The summed E-state index contributed by atoms with van der Waals surface area (Å²) in [6.45, 7) is 2.89. The zero-order chi connectivity index (χ0) is 16.1. The third kappa shape index (κ3) is 3.95. The number of rotatable bonds is 6. The summed E-state index contributed by atoms with van der Waals surface area (Å²) in [7, 11) is 0. The monoisotopic (exact) mass is 305 g/mol. The van der Waals surface area contributed by atoms with E-state index in [-0.39, 0.29) is 5.78 Å². The molecule has 23 heavy (non-hydrogen) atoms. The largest absolute Gasteiger partial charge is 0.293 e. The lowest BCUT2D eigenvalue weighted by Gasteiger charge is -2.02. The highest BCUT2D eigenvalue weighted by Crippen LogP contribution is 2.06. The summed E-state index contributed by atoms with van der Waals surface area (Å²) in [5, 5.41) is 0. The predicted molar refractivity (Wildman–Crippen MR) is 90.3 cm³/mol. The first-order valence-electron chi connectivity index (χ1n) is 7.92. The van der Waals surface area contributed by atoms with Crippen LogP contribution in [0.1, 0.15) is 27.4 Å². The molecule has 1 aromatic heterocycles. The molecule has 3 heteroatoms. The van der Waals surface area contributed by atoms with Crippen molar-refractivity contribution in [2.24, 2.45) is 0 Å². The molecule has 3 rings (SSSR count). The van der Waals surface area contributed by atoms with Gasteiger partial charge in [-0.25, -0.2) is 9.55 Å². The van der Waals surface area contributed by atoms with Crippen molar-refractivity contribution in [1.82, 2.24) is 4.98 Å². The number of benzene rings is 2. The Morgan fingerprint density at radius 1 is 1.00 bits per heavy atom. The van der Waals surface area contributed by atoms with Gasteiger partial charge in [-0.15, -0.1) is 0 Å². The van der Waals surface area contributed by atoms with E-state index in [4.69, 9.17) is 0 Å². The van der Waals surface area contributed by atoms with Gasteiger partial charge in [0.15, 0.2) is 5.78 Å². The quantitative estimate of drug-likeness (QED) is 0.551. The van der Waals surface area contributed by atoms with Crippen molar-refractivity contribution >= 4 is 5.78 Å². The normalized spacial score (nSPS) is 10.7. The highest BCUT2D eigenvalue weighted by Gasteiger charge is 2.18. The number of nitrogens with one attached hydrogen (secondary N) is 1. The van der Waals surface area contributed by atoms with Gasteiger partial charge in [0, 0.05) is 18.9 Å². The van der Waals surface area contributed by atoms with Crippen LogP contribution >= 0.6 is 0 Å². The van der Waals surface area contributed by atoms with Gasteiger partial charge in [0.05, 0.1) is 6.54 Å². The second-order valence-corrected chi connectivity index (χ2v) is 5.78. The number of H-pyrrole nitrogens is 1. The van der Waals surface area contributed by atoms with Crippen LogP contribution in [-0.4, -0.2) is 10.8 Å². The minimum Gasteiger partial charge on any atom is -0.293 e. The molecule has 0 aliphatic rings. The van der Waals surface area contributed by atoms with E-state index in [0.29, 0.717) is 6.42 Å². The van der Waals surface area contributed by atoms with E-state index in [1.807, 2.05) is 43.3 Å². The zero-order valence-corrected chi connectivity index (χ0v) is 13.3. The molecule has 0 unspecified atom stereocenters. The zero-order valence-electron chi connectivity index (χ0n) is 13.3. The van der Waals surface area contributed by atoms with Crippen LogP contribution in [0.25, 0.3) is 0 Å². The Hall–Kier alpha value is -2.68. The first-order valence-corrected chi connectivity index (χ1v) is 7.92. The molecule has 1 N–H and O–H groups in total. The van der Waals surface area contributed by atoms with E-state index in [1.165, 1.54) is 5.56 Å². The smallest absolute Gasteiger partial charge is 0.262 e. The molecule has 0 aliphatic heterocycles. The maximum absolute atomic E-state index is 12.4. The van der Waals surface area contributed by atoms with E-state index in [1.54, 1.807) is 0 Å². The first-order chi connectivity index (χ1) is 11.2. The van der Waals surface area contributed by atoms with Crippen molar-refractivity contribution in [1.29, 1.82) is 0 Å². The van der Waals surface area contributed by atoms with Gasteiger partial charge in [0.1, 0.15) is 18.3 Å². The molecule has 0 radical (unpaired) electrons. The van der Waals surface area contributed by atoms with Gasteiger partial charge in [-0.2, -0.15) is 0 Å². The summed E-state index contributed by atoms with van der Waals surface area (Å²) >= 11 is 0. The topological polar surface area (TPSA) is 36.7 Å². The second-order valence-electron chi connectivity index (χ2n) is 5.78. The highest BCUT2D eigenvalue weighted by atomic mass is 16.1. The summed E-state index contributed by atoms with van der Waals surface area (Å²) in [5.74, 6) is 1.10. The number of hydrogen-bond donors (Lipinski definition) is 1. The van der Waals surface area contributed by atoms with E-state index < -0.39 is 0 Å². The average molecular weight is 305 g/mol. The van der Waals surface area contributed by atoms with E-state index in [9.17, 15) is 4.79 Å². The summed E-state index contributed by atoms with van der Waals surface area (Å²) in [6, 6.07) is 19.9. The number of ketones is 1. The Kier molecular flexibility index (Phi) is 4.67. The molecule has 0 aliphatic carbocycles. The van der Waals surface area contributed by atoms with Gasteiger partial charge in [-0.3, -0.25) is 4.79 Å². The van der Waals surface area contributed by atoms with Gasteiger partial charge >= 0.3 is 0 Å². The lowest BCUT2D eigenvalue weighted by Crippen LogP contribution is -2.38. The molecule has 0 bridgehead atoms. The number of aromatic amines is 1. The molecule has 0 spiro atoms. The Morgan fingerprint density at radius 3 is 2.35 bits per heavy atom. The van der Waals surface area contributed by atoms with Crippen molar-refractivity contribution in [2.45, 2.75) is 26.3 Å². The number of aromatic nitrogens is 2. The molecule has 0 fully saturated rings. The molecule has 0 saturated heterocycles. The van der Waals surface area contributed by atoms with Gasteiger partial charge in [0.25, 0.3) is 5.82 Å². The van der Waals surface area contributed by atoms with Gasteiger partial charge in [-0.1, -0.05) is 60.7 Å². The lowest BCUT2D eigenvalue weighted by molar-refractivity contribution is -0.701. The van der Waals surface area contributed by atoms with Crippen LogP contribution < -0.4 is 4.57 Å². The molecular formula is C20H21N2O+. The van der Waals surface area contributed by atoms with Crippen LogP contribution in [-0.2, 0) is 19.4 Å². The Bertz CT molecular complexity index is 776. The number of carbonyl (C=O) groups excluding carboxylic acids is 1. The fourth-order valence-electron chi connectivity index (χ4n) is 2.76. The standard InChI is InChI=1S/C20H20N2O/c1-16-15-22(13-12-17-8-4-2-5-9-17)20(21-16)14-19(23)18-10-6-3-7-11-18/h2-11,15H,12-14H2,1H3/p+1. The van der Waals surface area contributed by atoms with Crippen LogP contribution in [0, 0.1) is 6.92 Å². The average Bonchev–Trinajstić information content (AvgIpc) is 2.94. The summed E-state index contributed by atoms with van der Waals surface area (Å²) in [5.41, 5.74) is 3.14. The van der Waals surface area contributed by atoms with Gasteiger partial charge < -0.3 is 0 Å². The summed E-state index contributed by atoms with van der Waals surface area (Å²) in [6.07, 6.45) is 3.43. The van der Waals surface area contributed by atoms with Crippen LogP contribution in [0.5, 0.6) is 0 Å². The Balaban J connectivity index is 1.72. The number of nitrogens with zero attached hydrogens (tertiary/aromatic N) is 1. The SMILES string of the molecule is Cc1c[n+](CCc2ccccc2)c(CC(=O)c2ccccc2)[nH]1. The minimum absolute atomic E-state index is 0.140. The minimum atomic E-state index is 0.140. The summed E-state index contributed by atoms with van der Waals surface area (Å²) in [4.78, 5) is 15.7. The molecule has 0 amide bonds. The van der Waals surface area contributed by atoms with Crippen LogP contribution in [0.4, 0.5) is 0 Å². The van der Waals surface area contributed by atoms with E-state index in [0.717, 1.165) is 30.0 Å². The van der Waals surface area contributed by atoms with Crippen molar-refractivity contribution in [2.75, 3.05) is 0 Å². The highest BCUT2D eigenvalue weighted by molar-refractivity contribution is 5.96. The Morgan fingerprint density at radius 2 is 1.65 bits per heavy atom. The van der Waals surface area contributed by atoms with Crippen LogP contribution in [0.3, 0.4) is 0 Å². The number of aryl methyl sites for hydroxylation is 3. The number of imidazole rings is 1. The molecule has 0 atom stereocenters. The second kappa shape index (κ2) is 7.05. The van der Waals surface area contributed by atoms with Crippen LogP contribution in [0.2, 0.25) is 0 Å². The van der Waals surface area contributed by atoms with E-state index >= 15 is 0 Å². The lowest BCUT2D eigenvalue weighted by atomic mass is 10.1. The maximum Gasteiger partial charge on any atom is 0.262 e. The fourth-order valence-corrected chi connectivity index (χ4v) is 2.76.